The van der Waals surface area contributed by atoms with Crippen LogP contribution in [0.4, 0.5) is 0 Å². The third-order valence-corrected chi connectivity index (χ3v) is 6.34. The van der Waals surface area contributed by atoms with Crippen molar-refractivity contribution in [1.82, 2.24) is 14.5 Å². The number of rotatable bonds is 6. The van der Waals surface area contributed by atoms with Crippen LogP contribution < -0.4 is 0 Å². The first-order valence-corrected chi connectivity index (χ1v) is 11.1. The van der Waals surface area contributed by atoms with Gasteiger partial charge in [0.15, 0.2) is 0 Å². The highest BCUT2D eigenvalue weighted by Gasteiger charge is 2.22. The zero-order valence-corrected chi connectivity index (χ0v) is 17.5. The van der Waals surface area contributed by atoms with E-state index in [0.717, 1.165) is 25.0 Å². The maximum Gasteiger partial charge on any atom is 0.110 e. The van der Waals surface area contributed by atoms with Gasteiger partial charge in [-0.05, 0) is 55.1 Å². The van der Waals surface area contributed by atoms with Gasteiger partial charge >= 0.3 is 0 Å². The molecular weight excluding hydrogens is 366 g/mol. The topological polar surface area (TPSA) is 21.1 Å². The molecule has 1 aliphatic heterocycles. The summed E-state index contributed by atoms with van der Waals surface area (Å²) in [5.74, 6) is 1.95. The van der Waals surface area contributed by atoms with Gasteiger partial charge in [-0.25, -0.2) is 4.98 Å². The molecule has 1 fully saturated rings. The monoisotopic (exact) mass is 395 g/mol. The number of benzene rings is 3. The molecule has 4 aromatic rings. The van der Waals surface area contributed by atoms with E-state index in [1.54, 1.807) is 0 Å². The van der Waals surface area contributed by atoms with Gasteiger partial charge in [-0.15, -0.1) is 0 Å². The highest BCUT2D eigenvalue weighted by molar-refractivity contribution is 5.76. The van der Waals surface area contributed by atoms with E-state index in [1.807, 2.05) is 0 Å². The van der Waals surface area contributed by atoms with Crippen molar-refractivity contribution in [3.05, 3.63) is 102 Å². The standard InChI is InChI=1S/C27H29N3/c1-3-9-23(10-4-1)20-29-17-15-22(16-18-29)19-27-28-25-13-7-8-14-26(25)30(27)21-24-11-5-2-6-12-24/h1-14,22H,15-21H2. The average Bonchev–Trinajstić information content (AvgIpc) is 3.13. The molecule has 1 aliphatic rings. The Balaban J connectivity index is 1.29. The fourth-order valence-corrected chi connectivity index (χ4v) is 4.67. The first-order chi connectivity index (χ1) is 14.8. The Morgan fingerprint density at radius 1 is 0.700 bits per heavy atom. The molecule has 0 atom stereocenters. The Morgan fingerprint density at radius 3 is 2.00 bits per heavy atom. The minimum atomic E-state index is 0.711. The number of hydrogen-bond donors (Lipinski definition) is 0. The van der Waals surface area contributed by atoms with Crippen LogP contribution in [0.5, 0.6) is 0 Å². The summed E-state index contributed by atoms with van der Waals surface area (Å²) < 4.78 is 2.43. The van der Waals surface area contributed by atoms with Crippen LogP contribution in [0, 0.1) is 5.92 Å². The summed E-state index contributed by atoms with van der Waals surface area (Å²) in [5, 5.41) is 0. The van der Waals surface area contributed by atoms with Gasteiger partial charge in [0, 0.05) is 19.5 Å². The first kappa shape index (κ1) is 19.1. The van der Waals surface area contributed by atoms with Crippen molar-refractivity contribution in [3.8, 4) is 0 Å². The molecule has 0 amide bonds. The molecule has 0 saturated carbocycles. The van der Waals surface area contributed by atoms with Gasteiger partial charge in [0.25, 0.3) is 0 Å². The molecule has 3 heteroatoms. The zero-order chi connectivity index (χ0) is 20.2. The summed E-state index contributed by atoms with van der Waals surface area (Å²) >= 11 is 0. The summed E-state index contributed by atoms with van der Waals surface area (Å²) in [6.07, 6.45) is 3.57. The molecule has 5 rings (SSSR count). The molecule has 0 N–H and O–H groups in total. The lowest BCUT2D eigenvalue weighted by Gasteiger charge is -2.32. The van der Waals surface area contributed by atoms with Gasteiger partial charge in [0.1, 0.15) is 5.82 Å². The van der Waals surface area contributed by atoms with E-state index in [9.17, 15) is 0 Å². The van der Waals surface area contributed by atoms with Crippen molar-refractivity contribution in [2.75, 3.05) is 13.1 Å². The van der Waals surface area contributed by atoms with E-state index in [2.05, 4.69) is 94.4 Å². The predicted octanol–water partition coefficient (Wildman–Crippen LogP) is 5.54. The molecule has 152 valence electrons. The van der Waals surface area contributed by atoms with E-state index >= 15 is 0 Å². The molecule has 0 aliphatic carbocycles. The van der Waals surface area contributed by atoms with Crippen LogP contribution in [0.2, 0.25) is 0 Å². The van der Waals surface area contributed by atoms with Gasteiger partial charge < -0.3 is 4.57 Å². The Bertz CT molecular complexity index is 1080. The van der Waals surface area contributed by atoms with Crippen LogP contribution in [0.15, 0.2) is 84.9 Å². The van der Waals surface area contributed by atoms with Crippen LogP contribution in [0.3, 0.4) is 0 Å². The number of likely N-dealkylation sites (tertiary alicyclic amines) is 1. The molecule has 2 heterocycles. The number of piperidine rings is 1. The molecule has 0 bridgehead atoms. The van der Waals surface area contributed by atoms with Gasteiger partial charge in [-0.3, -0.25) is 4.90 Å². The third kappa shape index (κ3) is 4.31. The molecular formula is C27H29N3. The summed E-state index contributed by atoms with van der Waals surface area (Å²) in [6, 6.07) is 30.1. The minimum Gasteiger partial charge on any atom is -0.323 e. The van der Waals surface area contributed by atoms with Crippen LogP contribution >= 0.6 is 0 Å². The Kier molecular flexibility index (Phi) is 5.62. The summed E-state index contributed by atoms with van der Waals surface area (Å²) in [7, 11) is 0. The maximum absolute atomic E-state index is 5.04. The second kappa shape index (κ2) is 8.85. The Hall–Kier alpha value is -2.91. The SMILES string of the molecule is c1ccc(CN2CCC(Cc3nc4ccccc4n3Cc3ccccc3)CC2)cc1. The average molecular weight is 396 g/mol. The fourth-order valence-electron chi connectivity index (χ4n) is 4.67. The predicted molar refractivity (Wildman–Crippen MR) is 123 cm³/mol. The van der Waals surface area contributed by atoms with Crippen molar-refractivity contribution >= 4 is 11.0 Å². The van der Waals surface area contributed by atoms with Crippen LogP contribution in [0.1, 0.15) is 29.8 Å². The van der Waals surface area contributed by atoms with Crippen molar-refractivity contribution in [1.29, 1.82) is 0 Å². The van der Waals surface area contributed by atoms with Gasteiger partial charge in [0.2, 0.25) is 0 Å². The molecule has 0 unspecified atom stereocenters. The van der Waals surface area contributed by atoms with Gasteiger partial charge in [-0.1, -0.05) is 72.8 Å². The van der Waals surface area contributed by atoms with E-state index in [-0.39, 0.29) is 0 Å². The van der Waals surface area contributed by atoms with E-state index in [4.69, 9.17) is 4.98 Å². The van der Waals surface area contributed by atoms with Crippen LogP contribution in [-0.2, 0) is 19.5 Å². The molecule has 0 spiro atoms. The first-order valence-electron chi connectivity index (χ1n) is 11.1. The molecule has 3 aromatic carbocycles. The summed E-state index contributed by atoms with van der Waals surface area (Å²) in [5.41, 5.74) is 5.11. The maximum atomic E-state index is 5.04. The second-order valence-electron chi connectivity index (χ2n) is 8.50. The normalized spacial score (nSPS) is 15.6. The lowest BCUT2D eigenvalue weighted by atomic mass is 9.93. The van der Waals surface area contributed by atoms with E-state index in [1.165, 1.54) is 48.4 Å². The quantitative estimate of drug-likeness (QED) is 0.427. The van der Waals surface area contributed by atoms with Crippen molar-refractivity contribution in [3.63, 3.8) is 0 Å². The van der Waals surface area contributed by atoms with Crippen molar-refractivity contribution in [2.45, 2.75) is 32.4 Å². The van der Waals surface area contributed by atoms with Crippen molar-refractivity contribution < 1.29 is 0 Å². The fraction of sp³-hybridized carbons (Fsp3) is 0.296. The highest BCUT2D eigenvalue weighted by Crippen LogP contribution is 2.25. The number of fused-ring (bicyclic) bond motifs is 1. The molecule has 0 radical (unpaired) electrons. The smallest absolute Gasteiger partial charge is 0.110 e. The molecule has 3 nitrogen and oxygen atoms in total. The lowest BCUT2D eigenvalue weighted by molar-refractivity contribution is 0.175. The molecule has 1 aromatic heterocycles. The third-order valence-electron chi connectivity index (χ3n) is 6.34. The zero-order valence-electron chi connectivity index (χ0n) is 17.5. The Labute approximate surface area is 179 Å². The van der Waals surface area contributed by atoms with E-state index in [0.29, 0.717) is 5.92 Å². The summed E-state index contributed by atoms with van der Waals surface area (Å²) in [4.78, 5) is 7.64. The minimum absolute atomic E-state index is 0.711. The van der Waals surface area contributed by atoms with Crippen LogP contribution in [0.25, 0.3) is 11.0 Å². The number of nitrogens with zero attached hydrogens (tertiary/aromatic N) is 3. The lowest BCUT2D eigenvalue weighted by Crippen LogP contribution is -2.34. The molecule has 1 saturated heterocycles. The number of imidazole rings is 1. The van der Waals surface area contributed by atoms with Crippen molar-refractivity contribution in [2.24, 2.45) is 5.92 Å². The summed E-state index contributed by atoms with van der Waals surface area (Å²) in [6.45, 7) is 4.32. The Morgan fingerprint density at radius 2 is 1.30 bits per heavy atom. The largest absolute Gasteiger partial charge is 0.323 e. The van der Waals surface area contributed by atoms with Gasteiger partial charge in [-0.2, -0.15) is 0 Å². The van der Waals surface area contributed by atoms with Gasteiger partial charge in [0.05, 0.1) is 11.0 Å². The van der Waals surface area contributed by atoms with Crippen LogP contribution in [-0.4, -0.2) is 27.5 Å². The highest BCUT2D eigenvalue weighted by atomic mass is 15.1. The number of hydrogen-bond acceptors (Lipinski definition) is 2. The number of aromatic nitrogens is 2. The number of para-hydroxylation sites is 2. The molecule has 30 heavy (non-hydrogen) atoms. The second-order valence-corrected chi connectivity index (χ2v) is 8.50. The van der Waals surface area contributed by atoms with E-state index < -0.39 is 0 Å².